The lowest BCUT2D eigenvalue weighted by Gasteiger charge is -2.01. The van der Waals surface area contributed by atoms with Gasteiger partial charge in [0.25, 0.3) is 0 Å². The van der Waals surface area contributed by atoms with E-state index in [9.17, 15) is 0 Å². The van der Waals surface area contributed by atoms with Gasteiger partial charge in [-0.3, -0.25) is 0 Å². The molecule has 0 aliphatic rings. The third kappa shape index (κ3) is 6.13. The second-order valence-electron chi connectivity index (χ2n) is 5.74. The summed E-state index contributed by atoms with van der Waals surface area (Å²) in [5.41, 5.74) is 2.22. The molecule has 0 bridgehead atoms. The van der Waals surface area contributed by atoms with Crippen LogP contribution in [0, 0.1) is 0 Å². The Bertz CT molecular complexity index is 474. The summed E-state index contributed by atoms with van der Waals surface area (Å²) < 4.78 is 0. The van der Waals surface area contributed by atoms with Crippen molar-refractivity contribution in [3.05, 3.63) is 24.3 Å². The Morgan fingerprint density at radius 2 is 1.57 bits per heavy atom. The van der Waals surface area contributed by atoms with Crippen LogP contribution in [0.4, 0.5) is 0 Å². The minimum Gasteiger partial charge on any atom is -0.333 e. The molecule has 3 heteroatoms. The van der Waals surface area contributed by atoms with Gasteiger partial charge in [-0.1, -0.05) is 82.2 Å². The number of hydrogen-bond acceptors (Lipinski definition) is 2. The average Bonchev–Trinajstić information content (AvgIpc) is 2.92. The Hall–Kier alpha value is -0.960. The Balaban J connectivity index is 1.50. The van der Waals surface area contributed by atoms with Crippen molar-refractivity contribution in [1.29, 1.82) is 0 Å². The fourth-order valence-corrected chi connectivity index (χ4v) is 3.47. The number of benzene rings is 1. The topological polar surface area (TPSA) is 28.7 Å². The van der Waals surface area contributed by atoms with E-state index in [1.54, 1.807) is 0 Å². The average molecular weight is 305 g/mol. The first kappa shape index (κ1) is 16.4. The van der Waals surface area contributed by atoms with E-state index in [-0.39, 0.29) is 0 Å². The molecule has 2 aromatic rings. The molecule has 21 heavy (non-hydrogen) atoms. The van der Waals surface area contributed by atoms with E-state index >= 15 is 0 Å². The molecule has 1 N–H and O–H groups in total. The molecule has 0 unspecified atom stereocenters. The van der Waals surface area contributed by atoms with Crippen molar-refractivity contribution in [1.82, 2.24) is 9.97 Å². The largest absolute Gasteiger partial charge is 0.333 e. The highest BCUT2D eigenvalue weighted by Crippen LogP contribution is 2.20. The van der Waals surface area contributed by atoms with E-state index in [2.05, 4.69) is 35.1 Å². The fraction of sp³-hybridized carbons (Fsp3) is 0.611. The molecule has 1 aromatic heterocycles. The van der Waals surface area contributed by atoms with Gasteiger partial charge in [0.1, 0.15) is 0 Å². The Kier molecular flexibility index (Phi) is 7.72. The summed E-state index contributed by atoms with van der Waals surface area (Å²) >= 11 is 1.85. The van der Waals surface area contributed by atoms with Crippen LogP contribution in [0.25, 0.3) is 11.0 Å². The third-order valence-corrected chi connectivity index (χ3v) is 4.81. The van der Waals surface area contributed by atoms with Gasteiger partial charge in [0.2, 0.25) is 0 Å². The van der Waals surface area contributed by atoms with Crippen LogP contribution < -0.4 is 0 Å². The zero-order valence-corrected chi connectivity index (χ0v) is 14.1. The minimum atomic E-state index is 1.07. The number of nitrogens with zero attached hydrogens (tertiary/aromatic N) is 1. The first-order valence-electron chi connectivity index (χ1n) is 8.47. The molecular formula is C18H28N2S. The maximum atomic E-state index is 4.60. The number of unbranched alkanes of at least 4 members (excludes halogenated alkanes) is 8. The van der Waals surface area contributed by atoms with Gasteiger partial charge < -0.3 is 4.98 Å². The van der Waals surface area contributed by atoms with Gasteiger partial charge in [0.05, 0.1) is 11.0 Å². The lowest BCUT2D eigenvalue weighted by atomic mass is 10.1. The van der Waals surface area contributed by atoms with Gasteiger partial charge >= 0.3 is 0 Å². The van der Waals surface area contributed by atoms with Gasteiger partial charge in [-0.05, 0) is 18.6 Å². The minimum absolute atomic E-state index is 1.07. The van der Waals surface area contributed by atoms with E-state index in [4.69, 9.17) is 0 Å². The molecule has 0 saturated heterocycles. The SMILES string of the molecule is CCCCCCCCCCCSc1nc2ccccc2[nH]1. The first-order valence-corrected chi connectivity index (χ1v) is 9.46. The second kappa shape index (κ2) is 9.88. The van der Waals surface area contributed by atoms with Crippen LogP contribution in [-0.4, -0.2) is 15.7 Å². The zero-order chi connectivity index (χ0) is 14.8. The van der Waals surface area contributed by atoms with Crippen molar-refractivity contribution >= 4 is 22.8 Å². The number of thioether (sulfide) groups is 1. The predicted molar refractivity (Wildman–Crippen MR) is 94.0 cm³/mol. The van der Waals surface area contributed by atoms with E-state index in [1.807, 2.05) is 17.8 Å². The predicted octanol–water partition coefficient (Wildman–Crippen LogP) is 6.19. The summed E-state index contributed by atoms with van der Waals surface area (Å²) in [5, 5.41) is 1.07. The molecule has 0 spiro atoms. The molecule has 0 atom stereocenters. The van der Waals surface area contributed by atoms with Crippen LogP contribution in [0.3, 0.4) is 0 Å². The van der Waals surface area contributed by atoms with Crippen LogP contribution in [0.1, 0.15) is 64.7 Å². The Labute approximate surface area is 133 Å². The van der Waals surface area contributed by atoms with E-state index in [0.717, 1.165) is 16.2 Å². The molecule has 0 radical (unpaired) electrons. The van der Waals surface area contributed by atoms with Crippen molar-refractivity contribution in [3.8, 4) is 0 Å². The Morgan fingerprint density at radius 1 is 0.905 bits per heavy atom. The van der Waals surface area contributed by atoms with Gasteiger partial charge in [-0.2, -0.15) is 0 Å². The highest BCUT2D eigenvalue weighted by Gasteiger charge is 2.01. The van der Waals surface area contributed by atoms with E-state index in [0.29, 0.717) is 0 Å². The lowest BCUT2D eigenvalue weighted by molar-refractivity contribution is 0.573. The van der Waals surface area contributed by atoms with Crippen LogP contribution in [-0.2, 0) is 0 Å². The number of hydrogen-bond donors (Lipinski definition) is 1. The summed E-state index contributed by atoms with van der Waals surface area (Å²) in [6.45, 7) is 2.28. The zero-order valence-electron chi connectivity index (χ0n) is 13.2. The van der Waals surface area contributed by atoms with Crippen molar-refractivity contribution in [2.24, 2.45) is 0 Å². The Morgan fingerprint density at radius 3 is 2.29 bits per heavy atom. The molecule has 1 heterocycles. The van der Waals surface area contributed by atoms with Gasteiger partial charge in [0.15, 0.2) is 5.16 Å². The van der Waals surface area contributed by atoms with Gasteiger partial charge in [-0.15, -0.1) is 0 Å². The molecule has 0 fully saturated rings. The standard InChI is InChI=1S/C18H28N2S/c1-2-3-4-5-6-7-8-9-12-15-21-18-19-16-13-10-11-14-17(16)20-18/h10-11,13-14H,2-9,12,15H2,1H3,(H,19,20). The van der Waals surface area contributed by atoms with Crippen molar-refractivity contribution in [2.75, 3.05) is 5.75 Å². The number of para-hydroxylation sites is 2. The number of nitrogens with one attached hydrogen (secondary N) is 1. The number of H-pyrrole nitrogens is 1. The summed E-state index contributed by atoms with van der Waals surface area (Å²) in [6, 6.07) is 8.24. The van der Waals surface area contributed by atoms with Crippen molar-refractivity contribution < 1.29 is 0 Å². The normalized spacial score (nSPS) is 11.3. The second-order valence-corrected chi connectivity index (χ2v) is 6.82. The van der Waals surface area contributed by atoms with Gasteiger partial charge in [-0.25, -0.2) is 4.98 Å². The van der Waals surface area contributed by atoms with Crippen LogP contribution in [0.5, 0.6) is 0 Å². The summed E-state index contributed by atoms with van der Waals surface area (Å²) in [4.78, 5) is 7.97. The highest BCUT2D eigenvalue weighted by atomic mass is 32.2. The van der Waals surface area contributed by atoms with Crippen LogP contribution in [0.2, 0.25) is 0 Å². The lowest BCUT2D eigenvalue weighted by Crippen LogP contribution is -1.84. The fourth-order valence-electron chi connectivity index (χ4n) is 2.58. The van der Waals surface area contributed by atoms with Crippen LogP contribution in [0.15, 0.2) is 29.4 Å². The van der Waals surface area contributed by atoms with Crippen molar-refractivity contribution in [2.45, 2.75) is 69.9 Å². The number of aromatic amines is 1. The van der Waals surface area contributed by atoms with E-state index in [1.165, 1.54) is 63.5 Å². The van der Waals surface area contributed by atoms with E-state index < -0.39 is 0 Å². The molecule has 0 saturated carbocycles. The molecule has 2 rings (SSSR count). The molecular weight excluding hydrogens is 276 g/mol. The van der Waals surface area contributed by atoms with Crippen LogP contribution >= 0.6 is 11.8 Å². The number of fused-ring (bicyclic) bond motifs is 1. The smallest absolute Gasteiger partial charge is 0.166 e. The molecule has 0 amide bonds. The maximum absolute atomic E-state index is 4.60. The quantitative estimate of drug-likeness (QED) is 0.396. The first-order chi connectivity index (χ1) is 10.4. The van der Waals surface area contributed by atoms with Gasteiger partial charge in [0, 0.05) is 5.75 Å². The maximum Gasteiger partial charge on any atom is 0.166 e. The molecule has 0 aliphatic heterocycles. The summed E-state index contributed by atoms with van der Waals surface area (Å²) in [7, 11) is 0. The number of imidazole rings is 1. The third-order valence-electron chi connectivity index (χ3n) is 3.85. The number of rotatable bonds is 11. The van der Waals surface area contributed by atoms with Crippen molar-refractivity contribution in [3.63, 3.8) is 0 Å². The monoisotopic (exact) mass is 304 g/mol. The highest BCUT2D eigenvalue weighted by molar-refractivity contribution is 7.99. The molecule has 116 valence electrons. The summed E-state index contributed by atoms with van der Waals surface area (Å²) in [5.74, 6) is 1.18. The molecule has 0 aliphatic carbocycles. The number of aromatic nitrogens is 2. The summed E-state index contributed by atoms with van der Waals surface area (Å²) in [6.07, 6.45) is 12.5. The molecule has 2 nitrogen and oxygen atoms in total. The molecule has 1 aromatic carbocycles.